The molecule has 0 saturated heterocycles. The van der Waals surface area contributed by atoms with E-state index < -0.39 is 10.0 Å². The maximum Gasteiger partial charge on any atom is 0.242 e. The van der Waals surface area contributed by atoms with Crippen molar-refractivity contribution in [3.05, 3.63) is 14.7 Å². The molecule has 2 atom stereocenters. The summed E-state index contributed by atoms with van der Waals surface area (Å²) in [6.45, 7) is 5.69. The van der Waals surface area contributed by atoms with E-state index in [0.717, 1.165) is 24.3 Å². The van der Waals surface area contributed by atoms with Crippen molar-refractivity contribution in [3.63, 3.8) is 0 Å². The molecule has 0 amide bonds. The van der Waals surface area contributed by atoms with Crippen molar-refractivity contribution in [2.24, 2.45) is 5.92 Å². The summed E-state index contributed by atoms with van der Waals surface area (Å²) < 4.78 is 28.1. The highest BCUT2D eigenvalue weighted by molar-refractivity contribution is 9.11. The molecule has 0 radical (unpaired) electrons. The standard InChI is InChI=1S/C12H19BrN2O2S2/c1-3-8-5-10(8)15-19(16,17)11-6-9(7-14-4-2)18-12(11)13/h6,8,10,14-15H,3-5,7H2,1-2H3. The molecular formula is C12H19BrN2O2S2. The van der Waals surface area contributed by atoms with Crippen LogP contribution in [0.15, 0.2) is 14.7 Å². The Morgan fingerprint density at radius 1 is 1.47 bits per heavy atom. The predicted molar refractivity (Wildman–Crippen MR) is 81.9 cm³/mol. The van der Waals surface area contributed by atoms with E-state index in [1.807, 2.05) is 6.92 Å². The zero-order valence-electron chi connectivity index (χ0n) is 11.1. The average Bonchev–Trinajstić information content (AvgIpc) is 2.97. The summed E-state index contributed by atoms with van der Waals surface area (Å²) >= 11 is 4.83. The van der Waals surface area contributed by atoms with Gasteiger partial charge in [-0.05, 0) is 40.9 Å². The third-order valence-electron chi connectivity index (χ3n) is 3.30. The SMILES string of the molecule is CCNCc1cc(S(=O)(=O)NC2CC2CC)c(Br)s1. The van der Waals surface area contributed by atoms with Crippen LogP contribution in [0.1, 0.15) is 31.6 Å². The molecule has 4 nitrogen and oxygen atoms in total. The monoisotopic (exact) mass is 366 g/mol. The predicted octanol–water partition coefficient (Wildman–Crippen LogP) is 2.70. The Hall–Kier alpha value is 0.0500. The lowest BCUT2D eigenvalue weighted by Gasteiger charge is -2.04. The average molecular weight is 367 g/mol. The van der Waals surface area contributed by atoms with Crippen molar-refractivity contribution in [3.8, 4) is 0 Å². The molecule has 1 aliphatic carbocycles. The number of nitrogens with one attached hydrogen (secondary N) is 2. The van der Waals surface area contributed by atoms with E-state index in [9.17, 15) is 8.42 Å². The summed E-state index contributed by atoms with van der Waals surface area (Å²) in [5.41, 5.74) is 0. The molecule has 1 heterocycles. The van der Waals surface area contributed by atoms with Gasteiger partial charge < -0.3 is 5.32 Å². The fourth-order valence-electron chi connectivity index (χ4n) is 2.02. The molecule has 0 aliphatic heterocycles. The van der Waals surface area contributed by atoms with Gasteiger partial charge in [-0.15, -0.1) is 11.3 Å². The van der Waals surface area contributed by atoms with Crippen LogP contribution in [-0.4, -0.2) is 21.0 Å². The van der Waals surface area contributed by atoms with Gasteiger partial charge in [-0.25, -0.2) is 13.1 Å². The lowest BCUT2D eigenvalue weighted by molar-refractivity contribution is 0.576. The molecule has 0 aromatic carbocycles. The highest BCUT2D eigenvalue weighted by atomic mass is 79.9. The molecular weight excluding hydrogens is 348 g/mol. The van der Waals surface area contributed by atoms with Gasteiger partial charge in [0.15, 0.2) is 0 Å². The van der Waals surface area contributed by atoms with Crippen molar-refractivity contribution in [2.75, 3.05) is 6.54 Å². The first-order chi connectivity index (χ1) is 8.97. The molecule has 1 fully saturated rings. The fraction of sp³-hybridized carbons (Fsp3) is 0.667. The van der Waals surface area contributed by atoms with E-state index in [1.54, 1.807) is 6.07 Å². The quantitative estimate of drug-likeness (QED) is 0.779. The lowest BCUT2D eigenvalue weighted by atomic mass is 10.3. The zero-order valence-corrected chi connectivity index (χ0v) is 14.3. The molecule has 1 aromatic heterocycles. The number of halogens is 1. The third-order valence-corrected chi connectivity index (χ3v) is 7.04. The molecule has 19 heavy (non-hydrogen) atoms. The van der Waals surface area contributed by atoms with Crippen LogP contribution in [0.25, 0.3) is 0 Å². The van der Waals surface area contributed by atoms with Crippen molar-refractivity contribution in [1.29, 1.82) is 0 Å². The molecule has 2 unspecified atom stereocenters. The van der Waals surface area contributed by atoms with Crippen molar-refractivity contribution in [2.45, 2.75) is 44.2 Å². The minimum Gasteiger partial charge on any atom is -0.312 e. The summed E-state index contributed by atoms with van der Waals surface area (Å²) in [4.78, 5) is 1.39. The molecule has 2 N–H and O–H groups in total. The Labute approximate surface area is 127 Å². The van der Waals surface area contributed by atoms with Crippen molar-refractivity contribution in [1.82, 2.24) is 10.0 Å². The van der Waals surface area contributed by atoms with E-state index in [4.69, 9.17) is 0 Å². The van der Waals surface area contributed by atoms with Gasteiger partial charge in [-0.2, -0.15) is 0 Å². The lowest BCUT2D eigenvalue weighted by Crippen LogP contribution is -2.27. The van der Waals surface area contributed by atoms with Crippen molar-refractivity contribution >= 4 is 37.3 Å². The molecule has 0 spiro atoms. The molecule has 1 aromatic rings. The second-order valence-electron chi connectivity index (χ2n) is 4.76. The Balaban J connectivity index is 2.09. The Morgan fingerprint density at radius 2 is 2.21 bits per heavy atom. The molecule has 1 aliphatic rings. The molecule has 108 valence electrons. The van der Waals surface area contributed by atoms with E-state index >= 15 is 0 Å². The first-order valence-electron chi connectivity index (χ1n) is 6.49. The summed E-state index contributed by atoms with van der Waals surface area (Å²) in [6, 6.07) is 1.88. The number of thiophene rings is 1. The topological polar surface area (TPSA) is 58.2 Å². The van der Waals surface area contributed by atoms with Crippen LogP contribution >= 0.6 is 27.3 Å². The maximum absolute atomic E-state index is 12.3. The van der Waals surface area contributed by atoms with Gasteiger partial charge in [0.25, 0.3) is 0 Å². The van der Waals surface area contributed by atoms with Gasteiger partial charge in [0, 0.05) is 17.5 Å². The normalized spacial score (nSPS) is 22.7. The Kier molecular flexibility index (Phi) is 5.05. The molecule has 0 bridgehead atoms. The van der Waals surface area contributed by atoms with Crippen LogP contribution < -0.4 is 10.0 Å². The third kappa shape index (κ3) is 3.78. The highest BCUT2D eigenvalue weighted by Gasteiger charge is 2.39. The fourth-order valence-corrected chi connectivity index (χ4v) is 5.99. The molecule has 7 heteroatoms. The number of sulfonamides is 1. The first-order valence-corrected chi connectivity index (χ1v) is 9.58. The second-order valence-corrected chi connectivity index (χ2v) is 8.90. The van der Waals surface area contributed by atoms with Crippen molar-refractivity contribution < 1.29 is 8.42 Å². The minimum absolute atomic E-state index is 0.124. The van der Waals surface area contributed by atoms with Crippen LogP contribution in [0, 0.1) is 5.92 Å². The van der Waals surface area contributed by atoms with Gasteiger partial charge in [0.2, 0.25) is 10.0 Å². The maximum atomic E-state index is 12.3. The van der Waals surface area contributed by atoms with Gasteiger partial charge in [-0.3, -0.25) is 0 Å². The van der Waals surface area contributed by atoms with Crippen LogP contribution in [0.4, 0.5) is 0 Å². The van der Waals surface area contributed by atoms with E-state index in [-0.39, 0.29) is 6.04 Å². The molecule has 1 saturated carbocycles. The van der Waals surface area contributed by atoms with Gasteiger partial charge in [0.1, 0.15) is 4.90 Å². The van der Waals surface area contributed by atoms with Crippen LogP contribution in [0.2, 0.25) is 0 Å². The number of rotatable bonds is 7. The van der Waals surface area contributed by atoms with E-state index in [0.29, 0.717) is 21.1 Å². The highest BCUT2D eigenvalue weighted by Crippen LogP contribution is 2.37. The largest absolute Gasteiger partial charge is 0.312 e. The smallest absolute Gasteiger partial charge is 0.242 e. The summed E-state index contributed by atoms with van der Waals surface area (Å²) in [5, 5.41) is 3.20. The summed E-state index contributed by atoms with van der Waals surface area (Å²) in [6.07, 6.45) is 1.99. The van der Waals surface area contributed by atoms with Gasteiger partial charge in [0.05, 0.1) is 3.79 Å². The number of hydrogen-bond donors (Lipinski definition) is 2. The molecule has 2 rings (SSSR count). The van der Waals surface area contributed by atoms with Crippen LogP contribution in [0.5, 0.6) is 0 Å². The Morgan fingerprint density at radius 3 is 2.79 bits per heavy atom. The number of hydrogen-bond acceptors (Lipinski definition) is 4. The summed E-state index contributed by atoms with van der Waals surface area (Å²) in [7, 11) is -3.39. The van der Waals surface area contributed by atoms with Gasteiger partial charge in [-0.1, -0.05) is 20.3 Å². The zero-order chi connectivity index (χ0) is 14.0. The minimum atomic E-state index is -3.39. The van der Waals surface area contributed by atoms with E-state index in [1.165, 1.54) is 11.3 Å². The van der Waals surface area contributed by atoms with Gasteiger partial charge >= 0.3 is 0 Å². The summed E-state index contributed by atoms with van der Waals surface area (Å²) in [5.74, 6) is 0.508. The first kappa shape index (κ1) is 15.4. The second kappa shape index (κ2) is 6.22. The van der Waals surface area contributed by atoms with E-state index in [2.05, 4.69) is 32.9 Å². The van der Waals surface area contributed by atoms with Crippen LogP contribution in [-0.2, 0) is 16.6 Å². The van der Waals surface area contributed by atoms with Crippen LogP contribution in [0.3, 0.4) is 0 Å². The Bertz CT molecular complexity index is 542.